The number of carbonyl (C=O) groups excluding carboxylic acids is 1. The minimum absolute atomic E-state index is 0.210. The first-order valence-electron chi connectivity index (χ1n) is 6.94. The molecule has 1 aromatic heterocycles. The molecular weight excluding hydrogens is 272 g/mol. The monoisotopic (exact) mass is 296 g/mol. The summed E-state index contributed by atoms with van der Waals surface area (Å²) in [6.07, 6.45) is 1.56. The van der Waals surface area contributed by atoms with Crippen molar-refractivity contribution >= 4 is 11.6 Å². The van der Waals surface area contributed by atoms with Gasteiger partial charge in [0.15, 0.2) is 0 Å². The van der Waals surface area contributed by atoms with Gasteiger partial charge in [0.05, 0.1) is 18.5 Å². The lowest BCUT2D eigenvalue weighted by Gasteiger charge is -2.23. The Labute approximate surface area is 125 Å². The molecule has 0 aromatic carbocycles. The predicted molar refractivity (Wildman–Crippen MR) is 80.7 cm³/mol. The number of carbonyl (C=O) groups is 1. The lowest BCUT2D eigenvalue weighted by atomic mass is 10.1. The van der Waals surface area contributed by atoms with E-state index in [1.807, 2.05) is 19.9 Å². The quantitative estimate of drug-likeness (QED) is 0.745. The lowest BCUT2D eigenvalue weighted by Crippen LogP contribution is -2.39. The van der Waals surface area contributed by atoms with Gasteiger partial charge in [0.25, 0.3) is 5.91 Å². The van der Waals surface area contributed by atoms with Crippen molar-refractivity contribution in [3.63, 3.8) is 0 Å². The van der Waals surface area contributed by atoms with E-state index in [2.05, 4.69) is 10.3 Å². The number of amides is 1. The fraction of sp³-hybridized carbons (Fsp3) is 0.600. The van der Waals surface area contributed by atoms with Crippen LogP contribution in [0.15, 0.2) is 12.3 Å². The first-order chi connectivity index (χ1) is 9.90. The molecule has 21 heavy (non-hydrogen) atoms. The van der Waals surface area contributed by atoms with Gasteiger partial charge >= 0.3 is 0 Å². The van der Waals surface area contributed by atoms with E-state index < -0.39 is 5.60 Å². The molecule has 0 atom stereocenters. The van der Waals surface area contributed by atoms with Crippen molar-refractivity contribution in [1.82, 2.24) is 4.98 Å². The molecule has 1 rings (SSSR count). The zero-order valence-corrected chi connectivity index (χ0v) is 13.4. The van der Waals surface area contributed by atoms with Crippen LogP contribution in [-0.2, 0) is 14.3 Å². The van der Waals surface area contributed by atoms with Crippen molar-refractivity contribution in [2.45, 2.75) is 33.3 Å². The van der Waals surface area contributed by atoms with E-state index in [1.165, 1.54) is 0 Å². The molecule has 1 aromatic rings. The molecule has 0 aliphatic rings. The Morgan fingerprint density at radius 2 is 2.10 bits per heavy atom. The summed E-state index contributed by atoms with van der Waals surface area (Å²) in [6.45, 7) is 8.60. The molecule has 0 spiro atoms. The van der Waals surface area contributed by atoms with Crippen LogP contribution in [0.25, 0.3) is 0 Å². The molecule has 0 bridgehead atoms. The maximum absolute atomic E-state index is 12.1. The average molecular weight is 296 g/mol. The molecule has 0 fully saturated rings. The first kappa shape index (κ1) is 17.4. The number of nitrogens with zero attached hydrogens (tertiary/aromatic N) is 1. The third-order valence-electron chi connectivity index (χ3n) is 2.87. The molecule has 0 unspecified atom stereocenters. The van der Waals surface area contributed by atoms with Crippen LogP contribution >= 0.6 is 0 Å². The molecule has 0 saturated carbocycles. The summed E-state index contributed by atoms with van der Waals surface area (Å²) >= 11 is 0. The largest absolute Gasteiger partial charge is 0.475 e. The highest BCUT2D eigenvalue weighted by Gasteiger charge is 2.28. The number of pyridine rings is 1. The Hall–Kier alpha value is -1.66. The highest BCUT2D eigenvalue weighted by molar-refractivity contribution is 5.96. The van der Waals surface area contributed by atoms with Crippen LogP contribution < -0.4 is 10.1 Å². The second-order valence-electron chi connectivity index (χ2n) is 5.08. The molecule has 0 aliphatic carbocycles. The summed E-state index contributed by atoms with van der Waals surface area (Å²) in [5.74, 6) is 0.327. The summed E-state index contributed by atoms with van der Waals surface area (Å²) in [7, 11) is 1.61. The molecule has 1 N–H and O–H groups in total. The number of methoxy groups -OCH3 is 1. The average Bonchev–Trinajstić information content (AvgIpc) is 2.41. The Bertz CT molecular complexity index is 475. The maximum Gasteiger partial charge on any atom is 0.256 e. The van der Waals surface area contributed by atoms with E-state index in [1.54, 1.807) is 27.2 Å². The van der Waals surface area contributed by atoms with Crippen molar-refractivity contribution in [2.75, 3.05) is 32.2 Å². The van der Waals surface area contributed by atoms with Gasteiger partial charge in [-0.15, -0.1) is 0 Å². The second kappa shape index (κ2) is 7.95. The van der Waals surface area contributed by atoms with Gasteiger partial charge in [-0.05, 0) is 33.8 Å². The number of hydrogen-bond acceptors (Lipinski definition) is 5. The molecule has 6 heteroatoms. The highest BCUT2D eigenvalue weighted by atomic mass is 16.5. The summed E-state index contributed by atoms with van der Waals surface area (Å²) in [5, 5.41) is 2.80. The molecule has 1 amide bonds. The van der Waals surface area contributed by atoms with Crippen molar-refractivity contribution in [2.24, 2.45) is 0 Å². The third kappa shape index (κ3) is 5.32. The Kier molecular flexibility index (Phi) is 6.58. The maximum atomic E-state index is 12.1. The smallest absolute Gasteiger partial charge is 0.256 e. The van der Waals surface area contributed by atoms with Crippen molar-refractivity contribution in [1.29, 1.82) is 0 Å². The molecule has 0 aliphatic heterocycles. The van der Waals surface area contributed by atoms with Gasteiger partial charge < -0.3 is 19.5 Å². The fourth-order valence-corrected chi connectivity index (χ4v) is 1.71. The van der Waals surface area contributed by atoms with Crippen molar-refractivity contribution < 1.29 is 19.0 Å². The van der Waals surface area contributed by atoms with Crippen LogP contribution in [0.2, 0.25) is 0 Å². The van der Waals surface area contributed by atoms with Crippen LogP contribution in [0.5, 0.6) is 5.88 Å². The first-order valence-corrected chi connectivity index (χ1v) is 6.94. The van der Waals surface area contributed by atoms with E-state index in [4.69, 9.17) is 14.2 Å². The standard InChI is InChI=1S/C15H24N2O4/c1-6-21-15(3,4)14(18)17-12-9-11(2)13(16-10-12)20-8-7-19-5/h9-10H,6-8H2,1-5H3,(H,17,18). The van der Waals surface area contributed by atoms with Gasteiger partial charge in [0, 0.05) is 19.3 Å². The van der Waals surface area contributed by atoms with Crippen LogP contribution in [0.1, 0.15) is 26.3 Å². The van der Waals surface area contributed by atoms with Gasteiger partial charge in [-0.1, -0.05) is 0 Å². The molecule has 0 radical (unpaired) electrons. The SMILES string of the molecule is CCOC(C)(C)C(=O)Nc1cnc(OCCOC)c(C)c1. The number of hydrogen-bond donors (Lipinski definition) is 1. The van der Waals surface area contributed by atoms with Gasteiger partial charge in [-0.3, -0.25) is 4.79 Å². The van der Waals surface area contributed by atoms with Gasteiger partial charge in [-0.2, -0.15) is 0 Å². The number of nitrogens with one attached hydrogen (secondary N) is 1. The number of ether oxygens (including phenoxy) is 3. The second-order valence-corrected chi connectivity index (χ2v) is 5.08. The number of aryl methyl sites for hydroxylation is 1. The minimum atomic E-state index is -0.879. The predicted octanol–water partition coefficient (Wildman–Crippen LogP) is 2.17. The Balaban J connectivity index is 2.69. The Morgan fingerprint density at radius 3 is 2.67 bits per heavy atom. The van der Waals surface area contributed by atoms with E-state index in [0.717, 1.165) is 5.56 Å². The molecule has 6 nitrogen and oxygen atoms in total. The van der Waals surface area contributed by atoms with Crippen LogP contribution in [0.3, 0.4) is 0 Å². The fourth-order valence-electron chi connectivity index (χ4n) is 1.71. The van der Waals surface area contributed by atoms with E-state index >= 15 is 0 Å². The molecular formula is C15H24N2O4. The summed E-state index contributed by atoms with van der Waals surface area (Å²) in [5.41, 5.74) is 0.582. The van der Waals surface area contributed by atoms with E-state index in [0.29, 0.717) is 31.4 Å². The van der Waals surface area contributed by atoms with Gasteiger partial charge in [0.2, 0.25) is 5.88 Å². The number of anilines is 1. The summed E-state index contributed by atoms with van der Waals surface area (Å²) in [6, 6.07) is 1.81. The number of aromatic nitrogens is 1. The highest BCUT2D eigenvalue weighted by Crippen LogP contribution is 2.20. The van der Waals surface area contributed by atoms with Crippen LogP contribution in [0, 0.1) is 6.92 Å². The normalized spacial score (nSPS) is 11.3. The zero-order chi connectivity index (χ0) is 15.9. The molecule has 118 valence electrons. The van der Waals surface area contributed by atoms with E-state index in [9.17, 15) is 4.79 Å². The van der Waals surface area contributed by atoms with Gasteiger partial charge in [0.1, 0.15) is 12.2 Å². The van der Waals surface area contributed by atoms with Gasteiger partial charge in [-0.25, -0.2) is 4.98 Å². The Morgan fingerprint density at radius 1 is 1.38 bits per heavy atom. The number of rotatable bonds is 8. The van der Waals surface area contributed by atoms with Crippen molar-refractivity contribution in [3.8, 4) is 5.88 Å². The molecule has 0 saturated heterocycles. The van der Waals surface area contributed by atoms with Crippen LogP contribution in [-0.4, -0.2) is 43.4 Å². The van der Waals surface area contributed by atoms with Crippen LogP contribution in [0.4, 0.5) is 5.69 Å². The topological polar surface area (TPSA) is 69.7 Å². The summed E-state index contributed by atoms with van der Waals surface area (Å²) < 4.78 is 15.8. The molecule has 1 heterocycles. The lowest BCUT2D eigenvalue weighted by molar-refractivity contribution is -0.136. The zero-order valence-electron chi connectivity index (χ0n) is 13.4. The summed E-state index contributed by atoms with van der Waals surface area (Å²) in [4.78, 5) is 16.3. The minimum Gasteiger partial charge on any atom is -0.475 e. The van der Waals surface area contributed by atoms with Crippen molar-refractivity contribution in [3.05, 3.63) is 17.8 Å². The third-order valence-corrected chi connectivity index (χ3v) is 2.87. The van der Waals surface area contributed by atoms with E-state index in [-0.39, 0.29) is 5.91 Å².